The first-order chi connectivity index (χ1) is 7.61. The van der Waals surface area contributed by atoms with E-state index in [0.717, 1.165) is 6.42 Å². The van der Waals surface area contributed by atoms with Crippen molar-refractivity contribution in [1.29, 1.82) is 5.26 Å². The normalized spacial score (nSPS) is 22.2. The minimum absolute atomic E-state index is 0.00577. The molecule has 82 valence electrons. The van der Waals surface area contributed by atoms with E-state index in [0.29, 0.717) is 22.9 Å². The van der Waals surface area contributed by atoms with Crippen molar-refractivity contribution in [2.24, 2.45) is 11.8 Å². The van der Waals surface area contributed by atoms with E-state index in [9.17, 15) is 4.79 Å². The molecule has 4 nitrogen and oxygen atoms in total. The molecule has 0 bridgehead atoms. The Morgan fingerprint density at radius 2 is 2.31 bits per heavy atom. The molecule has 3 N–H and O–H groups in total. The number of hydrogen-bond donors (Lipinski definition) is 2. The Balaban J connectivity index is 2.15. The maximum absolute atomic E-state index is 11.7. The Labute approximate surface area is 94.1 Å². The van der Waals surface area contributed by atoms with Crippen LogP contribution in [0, 0.1) is 23.2 Å². The fourth-order valence-electron chi connectivity index (χ4n) is 1.68. The fraction of sp³-hybridized carbons (Fsp3) is 0.333. The van der Waals surface area contributed by atoms with E-state index in [4.69, 9.17) is 11.0 Å². The first-order valence-corrected chi connectivity index (χ1v) is 5.22. The molecule has 4 heteroatoms. The molecule has 2 unspecified atom stereocenters. The van der Waals surface area contributed by atoms with Crippen LogP contribution in [0.4, 0.5) is 11.4 Å². The van der Waals surface area contributed by atoms with Crippen molar-refractivity contribution >= 4 is 17.3 Å². The van der Waals surface area contributed by atoms with Crippen LogP contribution < -0.4 is 11.1 Å². The predicted molar refractivity (Wildman–Crippen MR) is 61.5 cm³/mol. The number of amides is 1. The highest BCUT2D eigenvalue weighted by Crippen LogP contribution is 2.38. The monoisotopic (exact) mass is 215 g/mol. The molecular weight excluding hydrogens is 202 g/mol. The van der Waals surface area contributed by atoms with Crippen molar-refractivity contribution in [2.45, 2.75) is 13.3 Å². The molecule has 0 aliphatic heterocycles. The summed E-state index contributed by atoms with van der Waals surface area (Å²) in [5, 5.41) is 11.7. The predicted octanol–water partition coefficient (Wildman–Crippen LogP) is 1.73. The van der Waals surface area contributed by atoms with Crippen LogP contribution in [0.25, 0.3) is 0 Å². The van der Waals surface area contributed by atoms with Gasteiger partial charge >= 0.3 is 0 Å². The summed E-state index contributed by atoms with van der Waals surface area (Å²) in [4.78, 5) is 11.7. The quantitative estimate of drug-likeness (QED) is 0.737. The topological polar surface area (TPSA) is 78.9 Å². The van der Waals surface area contributed by atoms with Gasteiger partial charge in [0.05, 0.1) is 11.3 Å². The molecule has 0 saturated heterocycles. The van der Waals surface area contributed by atoms with Gasteiger partial charge in [-0.05, 0) is 30.5 Å². The van der Waals surface area contributed by atoms with E-state index >= 15 is 0 Å². The highest BCUT2D eigenvalue weighted by Gasteiger charge is 2.39. The summed E-state index contributed by atoms with van der Waals surface area (Å²) in [6.45, 7) is 2.04. The average Bonchev–Trinajstić information content (AvgIpc) is 2.98. The van der Waals surface area contributed by atoms with Crippen molar-refractivity contribution < 1.29 is 4.79 Å². The zero-order valence-electron chi connectivity index (χ0n) is 9.03. The van der Waals surface area contributed by atoms with Gasteiger partial charge in [-0.1, -0.05) is 6.92 Å². The third-order valence-electron chi connectivity index (χ3n) is 2.87. The second kappa shape index (κ2) is 3.86. The molecule has 1 fully saturated rings. The van der Waals surface area contributed by atoms with Crippen LogP contribution in [0.5, 0.6) is 0 Å². The lowest BCUT2D eigenvalue weighted by molar-refractivity contribution is -0.117. The molecule has 1 aliphatic rings. The number of nitriles is 1. The van der Waals surface area contributed by atoms with Gasteiger partial charge in [0, 0.05) is 11.6 Å². The zero-order chi connectivity index (χ0) is 11.7. The number of anilines is 2. The molecule has 0 heterocycles. The Morgan fingerprint density at radius 3 is 2.88 bits per heavy atom. The largest absolute Gasteiger partial charge is 0.399 e. The van der Waals surface area contributed by atoms with Crippen LogP contribution in [0.2, 0.25) is 0 Å². The Bertz CT molecular complexity index is 476. The highest BCUT2D eigenvalue weighted by molar-refractivity contribution is 5.95. The SMILES string of the molecule is CC1CC1C(=O)Nc1ccc(N)cc1C#N. The second-order valence-corrected chi connectivity index (χ2v) is 4.23. The molecule has 16 heavy (non-hydrogen) atoms. The van der Waals surface area contributed by atoms with Crippen LogP contribution in [0.1, 0.15) is 18.9 Å². The molecule has 1 amide bonds. The molecule has 1 aromatic carbocycles. The van der Waals surface area contributed by atoms with Crippen molar-refractivity contribution in [3.8, 4) is 6.07 Å². The first-order valence-electron chi connectivity index (χ1n) is 5.22. The van der Waals surface area contributed by atoms with Gasteiger partial charge < -0.3 is 11.1 Å². The molecule has 1 aromatic rings. The third kappa shape index (κ3) is 1.98. The summed E-state index contributed by atoms with van der Waals surface area (Å²) in [5.41, 5.74) is 7.03. The van der Waals surface area contributed by atoms with Crippen molar-refractivity contribution in [3.05, 3.63) is 23.8 Å². The maximum Gasteiger partial charge on any atom is 0.227 e. The summed E-state index contributed by atoms with van der Waals surface area (Å²) < 4.78 is 0. The van der Waals surface area contributed by atoms with Crippen LogP contribution in [0.3, 0.4) is 0 Å². The lowest BCUT2D eigenvalue weighted by Crippen LogP contribution is -2.15. The minimum Gasteiger partial charge on any atom is -0.399 e. The zero-order valence-corrected chi connectivity index (χ0v) is 9.03. The summed E-state index contributed by atoms with van der Waals surface area (Å²) in [5.74, 6) is 0.553. The Morgan fingerprint density at radius 1 is 1.62 bits per heavy atom. The number of nitrogens with one attached hydrogen (secondary N) is 1. The van der Waals surface area contributed by atoms with E-state index < -0.39 is 0 Å². The Kier molecular flexibility index (Phi) is 2.53. The van der Waals surface area contributed by atoms with Gasteiger partial charge in [-0.2, -0.15) is 5.26 Å². The van der Waals surface area contributed by atoms with Crippen LogP contribution in [0.15, 0.2) is 18.2 Å². The average molecular weight is 215 g/mol. The number of carbonyl (C=O) groups excluding carboxylic acids is 1. The van der Waals surface area contributed by atoms with Gasteiger partial charge in [-0.3, -0.25) is 4.79 Å². The van der Waals surface area contributed by atoms with Crippen LogP contribution >= 0.6 is 0 Å². The lowest BCUT2D eigenvalue weighted by Gasteiger charge is -2.06. The molecule has 2 rings (SSSR count). The molecule has 0 aromatic heterocycles. The number of nitrogen functional groups attached to an aromatic ring is 1. The first kappa shape index (κ1) is 10.5. The van der Waals surface area contributed by atoms with Gasteiger partial charge in [-0.15, -0.1) is 0 Å². The number of nitrogens with two attached hydrogens (primary N) is 1. The number of nitrogens with zero attached hydrogens (tertiary/aromatic N) is 1. The van der Waals surface area contributed by atoms with Crippen molar-refractivity contribution in [2.75, 3.05) is 11.1 Å². The molecule has 0 radical (unpaired) electrons. The molecule has 2 atom stereocenters. The van der Waals surface area contributed by atoms with E-state index in [2.05, 4.69) is 5.32 Å². The second-order valence-electron chi connectivity index (χ2n) is 4.23. The van der Waals surface area contributed by atoms with Gasteiger partial charge in [0.2, 0.25) is 5.91 Å². The number of benzene rings is 1. The fourth-order valence-corrected chi connectivity index (χ4v) is 1.68. The van der Waals surface area contributed by atoms with E-state index in [1.165, 1.54) is 0 Å². The van der Waals surface area contributed by atoms with Gasteiger partial charge in [0.1, 0.15) is 6.07 Å². The minimum atomic E-state index is -0.00577. The molecular formula is C12H13N3O. The summed E-state index contributed by atoms with van der Waals surface area (Å²) in [6, 6.07) is 6.92. The number of hydrogen-bond acceptors (Lipinski definition) is 3. The standard InChI is InChI=1S/C12H13N3O/c1-7-4-10(7)12(16)15-11-3-2-9(14)5-8(11)6-13/h2-3,5,7,10H,4,14H2,1H3,(H,15,16). The smallest absolute Gasteiger partial charge is 0.227 e. The molecule has 1 aliphatic carbocycles. The third-order valence-corrected chi connectivity index (χ3v) is 2.87. The highest BCUT2D eigenvalue weighted by atomic mass is 16.2. The van der Waals surface area contributed by atoms with Crippen LogP contribution in [-0.2, 0) is 4.79 Å². The van der Waals surface area contributed by atoms with Crippen LogP contribution in [-0.4, -0.2) is 5.91 Å². The number of carbonyl (C=O) groups is 1. The van der Waals surface area contributed by atoms with E-state index in [1.54, 1.807) is 18.2 Å². The summed E-state index contributed by atoms with van der Waals surface area (Å²) in [7, 11) is 0. The van der Waals surface area contributed by atoms with Gasteiger partial charge in [-0.25, -0.2) is 0 Å². The number of rotatable bonds is 2. The Hall–Kier alpha value is -2.02. The van der Waals surface area contributed by atoms with Crippen molar-refractivity contribution in [3.63, 3.8) is 0 Å². The van der Waals surface area contributed by atoms with E-state index in [1.807, 2.05) is 13.0 Å². The lowest BCUT2D eigenvalue weighted by atomic mass is 10.1. The van der Waals surface area contributed by atoms with Crippen molar-refractivity contribution in [1.82, 2.24) is 0 Å². The maximum atomic E-state index is 11.7. The molecule has 0 spiro atoms. The molecule has 1 saturated carbocycles. The van der Waals surface area contributed by atoms with Gasteiger partial charge in [0.15, 0.2) is 0 Å². The summed E-state index contributed by atoms with van der Waals surface area (Å²) in [6.07, 6.45) is 0.933. The summed E-state index contributed by atoms with van der Waals surface area (Å²) >= 11 is 0. The van der Waals surface area contributed by atoms with E-state index in [-0.39, 0.29) is 11.8 Å². The van der Waals surface area contributed by atoms with Gasteiger partial charge in [0.25, 0.3) is 0 Å².